The maximum absolute atomic E-state index is 12.0. The summed E-state index contributed by atoms with van der Waals surface area (Å²) in [5, 5.41) is 3.16. The van der Waals surface area contributed by atoms with E-state index < -0.39 is 0 Å². The predicted octanol–water partition coefficient (Wildman–Crippen LogP) is 1.98. The highest BCUT2D eigenvalue weighted by Gasteiger charge is 2.14. The van der Waals surface area contributed by atoms with Gasteiger partial charge in [0.15, 0.2) is 6.61 Å². The molecule has 7 nitrogen and oxygen atoms in total. The molecule has 2 heterocycles. The van der Waals surface area contributed by atoms with Crippen LogP contribution in [0.3, 0.4) is 0 Å². The molecule has 0 radical (unpaired) electrons. The summed E-state index contributed by atoms with van der Waals surface area (Å²) >= 11 is 5.98. The lowest BCUT2D eigenvalue weighted by atomic mass is 10.3. The zero-order valence-electron chi connectivity index (χ0n) is 12.9. The smallest absolute Gasteiger partial charge is 0.263 e. The van der Waals surface area contributed by atoms with E-state index in [9.17, 15) is 4.79 Å². The van der Waals surface area contributed by atoms with E-state index in [0.29, 0.717) is 29.8 Å². The Kier molecular flexibility index (Phi) is 5.45. The number of benzene rings is 1. The second-order valence-electron chi connectivity index (χ2n) is 5.13. The summed E-state index contributed by atoms with van der Waals surface area (Å²) in [4.78, 5) is 22.4. The van der Waals surface area contributed by atoms with Crippen LogP contribution in [0.1, 0.15) is 0 Å². The van der Waals surface area contributed by atoms with Gasteiger partial charge in [0.1, 0.15) is 23.7 Å². The summed E-state index contributed by atoms with van der Waals surface area (Å²) in [6, 6.07) is 8.73. The van der Waals surface area contributed by atoms with Crippen LogP contribution in [0.15, 0.2) is 36.7 Å². The molecule has 1 amide bonds. The van der Waals surface area contributed by atoms with Gasteiger partial charge in [-0.05, 0) is 12.1 Å². The Labute approximate surface area is 144 Å². The molecule has 2 aromatic rings. The van der Waals surface area contributed by atoms with Gasteiger partial charge in [-0.15, -0.1) is 0 Å². The van der Waals surface area contributed by atoms with E-state index in [1.54, 1.807) is 30.3 Å². The second-order valence-corrected chi connectivity index (χ2v) is 5.54. The number of rotatable bonds is 5. The monoisotopic (exact) mass is 348 g/mol. The fourth-order valence-corrected chi connectivity index (χ4v) is 2.46. The maximum atomic E-state index is 12.0. The molecule has 126 valence electrons. The van der Waals surface area contributed by atoms with Crippen molar-refractivity contribution >= 4 is 29.1 Å². The number of carbonyl (C=O) groups is 1. The van der Waals surface area contributed by atoms with Gasteiger partial charge in [-0.2, -0.15) is 0 Å². The van der Waals surface area contributed by atoms with Gasteiger partial charge < -0.3 is 19.7 Å². The molecule has 0 unspecified atom stereocenters. The number of ether oxygens (including phenoxy) is 2. The first-order chi connectivity index (χ1) is 11.7. The SMILES string of the molecule is O=C(COc1ccccc1Cl)Nc1cc(N2CCOCC2)ncn1. The van der Waals surface area contributed by atoms with E-state index in [1.807, 2.05) is 0 Å². The summed E-state index contributed by atoms with van der Waals surface area (Å²) in [6.07, 6.45) is 1.43. The average molecular weight is 349 g/mol. The molecule has 1 saturated heterocycles. The van der Waals surface area contributed by atoms with Crippen molar-refractivity contribution in [1.82, 2.24) is 9.97 Å². The van der Waals surface area contributed by atoms with Gasteiger partial charge in [-0.3, -0.25) is 4.79 Å². The minimum absolute atomic E-state index is 0.152. The molecule has 8 heteroatoms. The van der Waals surface area contributed by atoms with Crippen molar-refractivity contribution < 1.29 is 14.3 Å². The number of para-hydroxylation sites is 1. The lowest BCUT2D eigenvalue weighted by Gasteiger charge is -2.27. The van der Waals surface area contributed by atoms with Crippen molar-refractivity contribution in [1.29, 1.82) is 0 Å². The minimum Gasteiger partial charge on any atom is -0.482 e. The molecular weight excluding hydrogens is 332 g/mol. The van der Waals surface area contributed by atoms with Crippen LogP contribution in [0.25, 0.3) is 0 Å². The molecular formula is C16H17ClN4O3. The largest absolute Gasteiger partial charge is 0.482 e. The van der Waals surface area contributed by atoms with Crippen molar-refractivity contribution in [2.24, 2.45) is 0 Å². The third-order valence-electron chi connectivity index (χ3n) is 3.45. The van der Waals surface area contributed by atoms with Crippen LogP contribution in [0.2, 0.25) is 5.02 Å². The number of aromatic nitrogens is 2. The fourth-order valence-electron chi connectivity index (χ4n) is 2.26. The Morgan fingerprint density at radius 3 is 2.88 bits per heavy atom. The van der Waals surface area contributed by atoms with Crippen LogP contribution in [-0.4, -0.2) is 48.8 Å². The van der Waals surface area contributed by atoms with E-state index in [-0.39, 0.29) is 12.5 Å². The van der Waals surface area contributed by atoms with Crippen molar-refractivity contribution in [3.8, 4) is 5.75 Å². The third-order valence-corrected chi connectivity index (χ3v) is 3.76. The highest BCUT2D eigenvalue weighted by Crippen LogP contribution is 2.23. The quantitative estimate of drug-likeness (QED) is 0.890. The number of amides is 1. The zero-order chi connectivity index (χ0) is 16.8. The molecule has 24 heavy (non-hydrogen) atoms. The standard InChI is InChI=1S/C16H17ClN4O3/c17-12-3-1-2-4-13(12)24-10-16(22)20-14-9-15(19-11-18-14)21-5-7-23-8-6-21/h1-4,9,11H,5-8,10H2,(H,18,19,20,22). The van der Waals surface area contributed by atoms with Crippen molar-refractivity contribution in [3.05, 3.63) is 41.7 Å². The predicted molar refractivity (Wildman–Crippen MR) is 90.6 cm³/mol. The van der Waals surface area contributed by atoms with Crippen molar-refractivity contribution in [2.75, 3.05) is 43.1 Å². The Balaban J connectivity index is 1.57. The third kappa shape index (κ3) is 4.33. The fraction of sp³-hybridized carbons (Fsp3) is 0.312. The number of nitrogens with zero attached hydrogens (tertiary/aromatic N) is 3. The van der Waals surface area contributed by atoms with Crippen LogP contribution < -0.4 is 15.0 Å². The summed E-state index contributed by atoms with van der Waals surface area (Å²) in [5.74, 6) is 1.34. The number of hydrogen-bond acceptors (Lipinski definition) is 6. The molecule has 0 bridgehead atoms. The number of halogens is 1. The highest BCUT2D eigenvalue weighted by molar-refractivity contribution is 6.32. The highest BCUT2D eigenvalue weighted by atomic mass is 35.5. The van der Waals surface area contributed by atoms with Crippen molar-refractivity contribution in [2.45, 2.75) is 0 Å². The summed E-state index contributed by atoms with van der Waals surface area (Å²) < 4.78 is 10.7. The first-order valence-electron chi connectivity index (χ1n) is 7.54. The number of nitrogens with one attached hydrogen (secondary N) is 1. The molecule has 0 saturated carbocycles. The van der Waals surface area contributed by atoms with Gasteiger partial charge in [0.05, 0.1) is 18.2 Å². The van der Waals surface area contributed by atoms with Crippen LogP contribution in [0.4, 0.5) is 11.6 Å². The number of morpholine rings is 1. The molecule has 1 aromatic carbocycles. The molecule has 1 aromatic heterocycles. The first-order valence-corrected chi connectivity index (χ1v) is 7.92. The van der Waals surface area contributed by atoms with Gasteiger partial charge in [0.25, 0.3) is 5.91 Å². The van der Waals surface area contributed by atoms with Gasteiger partial charge >= 0.3 is 0 Å². The second kappa shape index (κ2) is 7.94. The molecule has 0 aliphatic carbocycles. The number of carbonyl (C=O) groups excluding carboxylic acids is 1. The van der Waals surface area contributed by atoms with E-state index in [1.165, 1.54) is 6.33 Å². The number of anilines is 2. The molecule has 1 N–H and O–H groups in total. The Morgan fingerprint density at radius 1 is 1.29 bits per heavy atom. The van der Waals surface area contributed by atoms with Gasteiger partial charge in [0, 0.05) is 19.2 Å². The maximum Gasteiger partial charge on any atom is 0.263 e. The van der Waals surface area contributed by atoms with E-state index >= 15 is 0 Å². The van der Waals surface area contributed by atoms with Crippen molar-refractivity contribution in [3.63, 3.8) is 0 Å². The normalized spacial score (nSPS) is 14.3. The number of hydrogen-bond donors (Lipinski definition) is 1. The first kappa shape index (κ1) is 16.5. The summed E-state index contributed by atoms with van der Waals surface area (Å²) in [7, 11) is 0. The van der Waals surface area contributed by atoms with Gasteiger partial charge in [-0.25, -0.2) is 9.97 Å². The molecule has 3 rings (SSSR count). The molecule has 1 aliphatic heterocycles. The minimum atomic E-state index is -0.318. The van der Waals surface area contributed by atoms with Gasteiger partial charge in [-0.1, -0.05) is 23.7 Å². The van der Waals surface area contributed by atoms with E-state index in [4.69, 9.17) is 21.1 Å². The van der Waals surface area contributed by atoms with Crippen LogP contribution in [-0.2, 0) is 9.53 Å². The molecule has 1 fully saturated rings. The summed E-state index contributed by atoms with van der Waals surface area (Å²) in [5.41, 5.74) is 0. The lowest BCUT2D eigenvalue weighted by Crippen LogP contribution is -2.36. The topological polar surface area (TPSA) is 76.6 Å². The lowest BCUT2D eigenvalue weighted by molar-refractivity contribution is -0.118. The molecule has 0 atom stereocenters. The Bertz CT molecular complexity index is 707. The Hall–Kier alpha value is -2.38. The van der Waals surface area contributed by atoms with Crippen LogP contribution >= 0.6 is 11.6 Å². The Morgan fingerprint density at radius 2 is 2.08 bits per heavy atom. The zero-order valence-corrected chi connectivity index (χ0v) is 13.7. The van der Waals surface area contributed by atoms with Crippen LogP contribution in [0.5, 0.6) is 5.75 Å². The average Bonchev–Trinajstić information content (AvgIpc) is 2.62. The summed E-state index contributed by atoms with van der Waals surface area (Å²) in [6.45, 7) is 2.70. The molecule has 1 aliphatic rings. The van der Waals surface area contributed by atoms with Crippen LogP contribution in [0, 0.1) is 0 Å². The van der Waals surface area contributed by atoms with E-state index in [0.717, 1.165) is 18.9 Å². The van der Waals surface area contributed by atoms with E-state index in [2.05, 4.69) is 20.2 Å². The molecule has 0 spiro atoms. The van der Waals surface area contributed by atoms with Gasteiger partial charge in [0.2, 0.25) is 0 Å².